The fraction of sp³-hybridized carbons (Fsp3) is 0.462. The van der Waals surface area contributed by atoms with Crippen molar-refractivity contribution in [2.45, 2.75) is 12.8 Å². The molecular formula is C13H17N3O3. The summed E-state index contributed by atoms with van der Waals surface area (Å²) < 4.78 is 0. The number of carbonyl (C=O) groups is 2. The standard InChI is InChI=1S/C13H17N3O3/c1-16-5-4-9(8-16)6-12(17)15-11-3-2-10(7-14-11)13(18)19/h2-3,7,9H,4-6,8H2,1H3,(H,18,19)(H,14,15,17). The van der Waals surface area contributed by atoms with Crippen molar-refractivity contribution >= 4 is 17.7 Å². The molecule has 19 heavy (non-hydrogen) atoms. The van der Waals surface area contributed by atoms with E-state index in [1.807, 2.05) is 7.05 Å². The summed E-state index contributed by atoms with van der Waals surface area (Å²) in [7, 11) is 2.05. The molecule has 0 aliphatic carbocycles. The van der Waals surface area contributed by atoms with Crippen LogP contribution in [0.2, 0.25) is 0 Å². The van der Waals surface area contributed by atoms with Crippen molar-refractivity contribution in [3.05, 3.63) is 23.9 Å². The maximum absolute atomic E-state index is 11.8. The maximum atomic E-state index is 11.8. The number of rotatable bonds is 4. The molecule has 1 atom stereocenters. The van der Waals surface area contributed by atoms with Crippen LogP contribution in [0.25, 0.3) is 0 Å². The summed E-state index contributed by atoms with van der Waals surface area (Å²) >= 11 is 0. The van der Waals surface area contributed by atoms with Gasteiger partial charge in [0, 0.05) is 19.2 Å². The first-order valence-corrected chi connectivity index (χ1v) is 6.22. The van der Waals surface area contributed by atoms with Crippen molar-refractivity contribution in [2.24, 2.45) is 5.92 Å². The molecule has 0 saturated carbocycles. The molecule has 1 saturated heterocycles. The highest BCUT2D eigenvalue weighted by molar-refractivity contribution is 5.91. The van der Waals surface area contributed by atoms with Gasteiger partial charge in [0.2, 0.25) is 5.91 Å². The highest BCUT2D eigenvalue weighted by Crippen LogP contribution is 2.18. The van der Waals surface area contributed by atoms with Crippen LogP contribution in [0.1, 0.15) is 23.2 Å². The number of nitrogens with one attached hydrogen (secondary N) is 1. The molecule has 1 amide bonds. The third-order valence-corrected chi connectivity index (χ3v) is 3.24. The van der Waals surface area contributed by atoms with E-state index in [0.29, 0.717) is 18.2 Å². The quantitative estimate of drug-likeness (QED) is 0.848. The first-order chi connectivity index (χ1) is 9.04. The zero-order valence-electron chi connectivity index (χ0n) is 10.8. The zero-order valence-corrected chi connectivity index (χ0v) is 10.8. The summed E-state index contributed by atoms with van der Waals surface area (Å²) in [5.74, 6) is -0.320. The number of pyridine rings is 1. The number of likely N-dealkylation sites (tertiary alicyclic amines) is 1. The summed E-state index contributed by atoms with van der Waals surface area (Å²) in [5, 5.41) is 11.4. The lowest BCUT2D eigenvalue weighted by Gasteiger charge is -2.10. The summed E-state index contributed by atoms with van der Waals surface area (Å²) in [6.07, 6.45) is 2.75. The van der Waals surface area contributed by atoms with Gasteiger partial charge in [-0.25, -0.2) is 9.78 Å². The fourth-order valence-electron chi connectivity index (χ4n) is 2.24. The van der Waals surface area contributed by atoms with Crippen molar-refractivity contribution in [3.8, 4) is 0 Å². The average Bonchev–Trinajstić information content (AvgIpc) is 2.75. The van der Waals surface area contributed by atoms with Crippen LogP contribution in [0.15, 0.2) is 18.3 Å². The molecule has 1 aromatic heterocycles. The van der Waals surface area contributed by atoms with Crippen LogP contribution in [0.3, 0.4) is 0 Å². The summed E-state index contributed by atoms with van der Waals surface area (Å²) in [6.45, 7) is 1.97. The Morgan fingerprint density at radius 2 is 2.32 bits per heavy atom. The van der Waals surface area contributed by atoms with Crippen LogP contribution in [-0.4, -0.2) is 47.0 Å². The molecule has 2 N–H and O–H groups in total. The van der Waals surface area contributed by atoms with Crippen molar-refractivity contribution in [2.75, 3.05) is 25.5 Å². The van der Waals surface area contributed by atoms with Gasteiger partial charge in [-0.1, -0.05) is 0 Å². The van der Waals surface area contributed by atoms with Crippen LogP contribution in [0.4, 0.5) is 5.82 Å². The maximum Gasteiger partial charge on any atom is 0.337 e. The van der Waals surface area contributed by atoms with E-state index in [2.05, 4.69) is 15.2 Å². The molecule has 102 valence electrons. The van der Waals surface area contributed by atoms with E-state index in [0.717, 1.165) is 19.5 Å². The van der Waals surface area contributed by atoms with Crippen molar-refractivity contribution < 1.29 is 14.7 Å². The first kappa shape index (κ1) is 13.5. The number of amides is 1. The SMILES string of the molecule is CN1CCC(CC(=O)Nc2ccc(C(=O)O)cn2)C1. The number of carboxylic acid groups (broad SMARTS) is 1. The van der Waals surface area contributed by atoms with E-state index >= 15 is 0 Å². The smallest absolute Gasteiger partial charge is 0.337 e. The van der Waals surface area contributed by atoms with Gasteiger partial charge in [0.05, 0.1) is 5.56 Å². The van der Waals surface area contributed by atoms with Gasteiger partial charge in [0.25, 0.3) is 0 Å². The Morgan fingerprint density at radius 3 is 2.84 bits per heavy atom. The zero-order chi connectivity index (χ0) is 13.8. The first-order valence-electron chi connectivity index (χ1n) is 6.22. The molecule has 2 heterocycles. The summed E-state index contributed by atoms with van der Waals surface area (Å²) in [6, 6.07) is 2.93. The molecule has 0 bridgehead atoms. The number of anilines is 1. The Kier molecular flexibility index (Phi) is 4.11. The van der Waals surface area contributed by atoms with Gasteiger partial charge in [0.15, 0.2) is 0 Å². The van der Waals surface area contributed by atoms with E-state index in [1.165, 1.54) is 18.3 Å². The van der Waals surface area contributed by atoms with E-state index in [9.17, 15) is 9.59 Å². The van der Waals surface area contributed by atoms with Crippen LogP contribution in [-0.2, 0) is 4.79 Å². The number of aromatic nitrogens is 1. The lowest BCUT2D eigenvalue weighted by molar-refractivity contribution is -0.117. The molecule has 1 aromatic rings. The number of carboxylic acids is 1. The fourth-order valence-corrected chi connectivity index (χ4v) is 2.24. The van der Waals surface area contributed by atoms with E-state index in [-0.39, 0.29) is 11.5 Å². The van der Waals surface area contributed by atoms with Crippen molar-refractivity contribution in [1.82, 2.24) is 9.88 Å². The molecule has 1 unspecified atom stereocenters. The number of carbonyl (C=O) groups excluding carboxylic acids is 1. The molecule has 0 aromatic carbocycles. The molecule has 6 nitrogen and oxygen atoms in total. The van der Waals surface area contributed by atoms with Gasteiger partial charge >= 0.3 is 5.97 Å². The lowest BCUT2D eigenvalue weighted by atomic mass is 10.0. The van der Waals surface area contributed by atoms with Gasteiger partial charge in [-0.3, -0.25) is 4.79 Å². The minimum atomic E-state index is -1.03. The predicted octanol–water partition coefficient (Wildman–Crippen LogP) is 1.06. The van der Waals surface area contributed by atoms with Crippen molar-refractivity contribution in [1.29, 1.82) is 0 Å². The minimum absolute atomic E-state index is 0.0733. The molecule has 6 heteroatoms. The Bertz CT molecular complexity index is 473. The molecule has 2 rings (SSSR count). The molecular weight excluding hydrogens is 246 g/mol. The summed E-state index contributed by atoms with van der Waals surface area (Å²) in [4.78, 5) is 28.6. The second kappa shape index (κ2) is 5.79. The second-order valence-electron chi connectivity index (χ2n) is 4.91. The third kappa shape index (κ3) is 3.75. The normalized spacial score (nSPS) is 19.3. The van der Waals surface area contributed by atoms with Gasteiger partial charge in [0.1, 0.15) is 5.82 Å². The highest BCUT2D eigenvalue weighted by Gasteiger charge is 2.22. The van der Waals surface area contributed by atoms with Crippen LogP contribution in [0, 0.1) is 5.92 Å². The Labute approximate surface area is 111 Å². The Hall–Kier alpha value is -1.95. The van der Waals surface area contributed by atoms with E-state index in [4.69, 9.17) is 5.11 Å². The summed E-state index contributed by atoms with van der Waals surface area (Å²) in [5.41, 5.74) is 0.107. The largest absolute Gasteiger partial charge is 0.478 e. The second-order valence-corrected chi connectivity index (χ2v) is 4.91. The Balaban J connectivity index is 1.86. The van der Waals surface area contributed by atoms with E-state index < -0.39 is 5.97 Å². The molecule has 0 spiro atoms. The average molecular weight is 263 g/mol. The number of aromatic carboxylic acids is 1. The van der Waals surface area contributed by atoms with Crippen LogP contribution in [0.5, 0.6) is 0 Å². The van der Waals surface area contributed by atoms with Gasteiger partial charge in [-0.2, -0.15) is 0 Å². The number of nitrogens with zero attached hydrogens (tertiary/aromatic N) is 2. The van der Waals surface area contributed by atoms with Gasteiger partial charge in [-0.15, -0.1) is 0 Å². The van der Waals surface area contributed by atoms with Gasteiger partial charge in [-0.05, 0) is 38.1 Å². The topological polar surface area (TPSA) is 82.5 Å². The van der Waals surface area contributed by atoms with Crippen LogP contribution >= 0.6 is 0 Å². The molecule has 1 aliphatic rings. The third-order valence-electron chi connectivity index (χ3n) is 3.24. The minimum Gasteiger partial charge on any atom is -0.478 e. The molecule has 0 radical (unpaired) electrons. The van der Waals surface area contributed by atoms with Gasteiger partial charge < -0.3 is 15.3 Å². The molecule has 1 aliphatic heterocycles. The predicted molar refractivity (Wildman–Crippen MR) is 70.0 cm³/mol. The monoisotopic (exact) mass is 263 g/mol. The van der Waals surface area contributed by atoms with E-state index in [1.54, 1.807) is 0 Å². The number of hydrogen-bond donors (Lipinski definition) is 2. The number of hydrogen-bond acceptors (Lipinski definition) is 4. The molecule has 1 fully saturated rings. The lowest BCUT2D eigenvalue weighted by Crippen LogP contribution is -2.20. The van der Waals surface area contributed by atoms with Crippen LogP contribution < -0.4 is 5.32 Å². The van der Waals surface area contributed by atoms with Crippen molar-refractivity contribution in [3.63, 3.8) is 0 Å². The Morgan fingerprint density at radius 1 is 1.53 bits per heavy atom. The highest BCUT2D eigenvalue weighted by atomic mass is 16.4.